The third-order valence-electron chi connectivity index (χ3n) is 4.22. The largest absolute Gasteiger partial charge is 0.402 e. The van der Waals surface area contributed by atoms with Crippen molar-refractivity contribution >= 4 is 44.0 Å². The molecule has 1 aliphatic rings. The summed E-state index contributed by atoms with van der Waals surface area (Å²) in [5.41, 5.74) is 1.35. The van der Waals surface area contributed by atoms with E-state index in [2.05, 4.69) is 20.9 Å². The van der Waals surface area contributed by atoms with Gasteiger partial charge in [-0.05, 0) is 76.1 Å². The fourth-order valence-electron chi connectivity index (χ4n) is 2.71. The van der Waals surface area contributed by atoms with Crippen LogP contribution in [0, 0.1) is 5.82 Å². The van der Waals surface area contributed by atoms with Gasteiger partial charge in [0.25, 0.3) is 0 Å². The molecular weight excluding hydrogens is 489 g/mol. The lowest BCUT2D eigenvalue weighted by Crippen LogP contribution is -2.09. The molecular formula is C22H13BrFNO5S. The van der Waals surface area contributed by atoms with Crippen molar-refractivity contribution in [2.24, 2.45) is 4.99 Å². The highest BCUT2D eigenvalue weighted by molar-refractivity contribution is 9.10. The molecule has 0 aromatic heterocycles. The van der Waals surface area contributed by atoms with E-state index in [0.29, 0.717) is 11.1 Å². The van der Waals surface area contributed by atoms with Gasteiger partial charge in [-0.15, -0.1) is 0 Å². The number of rotatable bonds is 5. The Kier molecular flexibility index (Phi) is 5.71. The molecule has 3 aromatic carbocycles. The van der Waals surface area contributed by atoms with Crippen LogP contribution in [0.4, 0.5) is 4.39 Å². The zero-order valence-electron chi connectivity index (χ0n) is 15.7. The van der Waals surface area contributed by atoms with Crippen molar-refractivity contribution in [1.29, 1.82) is 0 Å². The third kappa shape index (κ3) is 4.73. The second-order valence-corrected chi connectivity index (χ2v) is 8.78. The molecule has 3 aromatic rings. The predicted molar refractivity (Wildman–Crippen MR) is 115 cm³/mol. The van der Waals surface area contributed by atoms with E-state index in [4.69, 9.17) is 8.92 Å². The number of carbonyl (C=O) groups is 1. The van der Waals surface area contributed by atoms with Crippen molar-refractivity contribution in [1.82, 2.24) is 0 Å². The summed E-state index contributed by atoms with van der Waals surface area (Å²) >= 11 is 3.39. The Bertz CT molecular complexity index is 1320. The van der Waals surface area contributed by atoms with E-state index in [1.54, 1.807) is 24.3 Å². The van der Waals surface area contributed by atoms with Gasteiger partial charge in [0.05, 0.1) is 5.56 Å². The van der Waals surface area contributed by atoms with E-state index in [0.717, 1.165) is 28.7 Å². The molecule has 4 rings (SSSR count). The Morgan fingerprint density at radius 2 is 1.65 bits per heavy atom. The number of halogens is 2. The summed E-state index contributed by atoms with van der Waals surface area (Å²) in [5, 5.41) is 0. The van der Waals surface area contributed by atoms with E-state index in [9.17, 15) is 17.6 Å². The highest BCUT2D eigenvalue weighted by atomic mass is 79.9. The van der Waals surface area contributed by atoms with Crippen molar-refractivity contribution in [3.8, 4) is 5.75 Å². The number of nitrogens with zero attached hydrogens (tertiary/aromatic N) is 1. The molecule has 9 heteroatoms. The predicted octanol–water partition coefficient (Wildman–Crippen LogP) is 4.70. The quantitative estimate of drug-likeness (QED) is 0.287. The van der Waals surface area contributed by atoms with Crippen LogP contribution < -0.4 is 4.18 Å². The van der Waals surface area contributed by atoms with Crippen molar-refractivity contribution in [3.05, 3.63) is 99.9 Å². The zero-order valence-corrected chi connectivity index (χ0v) is 18.1. The first kappa shape index (κ1) is 21.0. The number of carbonyl (C=O) groups excluding carboxylic acids is 1. The average Bonchev–Trinajstić information content (AvgIpc) is 3.10. The second kappa shape index (κ2) is 8.44. The van der Waals surface area contributed by atoms with Gasteiger partial charge in [0.2, 0.25) is 5.90 Å². The molecule has 0 saturated heterocycles. The molecule has 0 saturated carbocycles. The van der Waals surface area contributed by atoms with Gasteiger partial charge in [-0.3, -0.25) is 0 Å². The van der Waals surface area contributed by atoms with Crippen molar-refractivity contribution in [2.75, 3.05) is 0 Å². The summed E-state index contributed by atoms with van der Waals surface area (Å²) in [6, 6.07) is 17.6. The minimum absolute atomic E-state index is 0.0675. The summed E-state index contributed by atoms with van der Waals surface area (Å²) in [7, 11) is -4.10. The fraction of sp³-hybridized carbons (Fsp3) is 0. The lowest BCUT2D eigenvalue weighted by molar-refractivity contribution is -0.129. The van der Waals surface area contributed by atoms with E-state index < -0.39 is 21.9 Å². The van der Waals surface area contributed by atoms with Crippen molar-refractivity contribution in [2.45, 2.75) is 4.90 Å². The Balaban J connectivity index is 1.53. The van der Waals surface area contributed by atoms with Gasteiger partial charge in [-0.25, -0.2) is 14.2 Å². The number of benzene rings is 3. The van der Waals surface area contributed by atoms with Gasteiger partial charge in [-0.2, -0.15) is 8.42 Å². The van der Waals surface area contributed by atoms with Crippen LogP contribution in [0.1, 0.15) is 11.1 Å². The number of cyclic esters (lactones) is 1. The van der Waals surface area contributed by atoms with E-state index >= 15 is 0 Å². The molecule has 1 heterocycles. The zero-order chi connectivity index (χ0) is 22.0. The lowest BCUT2D eigenvalue weighted by Gasteiger charge is -2.07. The highest BCUT2D eigenvalue weighted by Gasteiger charge is 2.25. The lowest BCUT2D eigenvalue weighted by atomic mass is 10.2. The molecule has 156 valence electrons. The molecule has 1 aliphatic heterocycles. The van der Waals surface area contributed by atoms with Crippen LogP contribution >= 0.6 is 15.9 Å². The average molecular weight is 502 g/mol. The minimum Gasteiger partial charge on any atom is -0.402 e. The summed E-state index contributed by atoms with van der Waals surface area (Å²) in [5.74, 6) is -0.885. The van der Waals surface area contributed by atoms with E-state index in [1.807, 2.05) is 12.1 Å². The molecule has 0 bridgehead atoms. The summed E-state index contributed by atoms with van der Waals surface area (Å²) in [4.78, 5) is 16.2. The van der Waals surface area contributed by atoms with Gasteiger partial charge in [-0.1, -0.05) is 24.3 Å². The summed E-state index contributed by atoms with van der Waals surface area (Å²) in [6.45, 7) is 0. The first-order valence-corrected chi connectivity index (χ1v) is 11.1. The Morgan fingerprint density at radius 1 is 0.968 bits per heavy atom. The molecule has 6 nitrogen and oxygen atoms in total. The van der Waals surface area contributed by atoms with Crippen LogP contribution in [-0.2, 0) is 19.6 Å². The second-order valence-electron chi connectivity index (χ2n) is 6.38. The molecule has 31 heavy (non-hydrogen) atoms. The van der Waals surface area contributed by atoms with Crippen molar-refractivity contribution < 1.29 is 26.5 Å². The topological polar surface area (TPSA) is 82.0 Å². The number of aliphatic imine (C=N–C) groups is 1. The van der Waals surface area contributed by atoms with Crippen LogP contribution in [-0.4, -0.2) is 20.3 Å². The third-order valence-corrected chi connectivity index (χ3v) is 6.17. The van der Waals surface area contributed by atoms with Gasteiger partial charge in [0.15, 0.2) is 5.70 Å². The smallest absolute Gasteiger partial charge is 0.363 e. The molecule has 0 fully saturated rings. The summed E-state index contributed by atoms with van der Waals surface area (Å²) in [6.07, 6.45) is 1.52. The molecule has 0 radical (unpaired) electrons. The van der Waals surface area contributed by atoms with Crippen LogP contribution in [0.5, 0.6) is 5.75 Å². The Morgan fingerprint density at radius 3 is 2.32 bits per heavy atom. The SMILES string of the molecule is O=C1OC(c2ccccc2Br)=N/C1=C\c1ccc(OS(=O)(=O)c2ccc(F)cc2)cc1. The van der Waals surface area contributed by atoms with Gasteiger partial charge in [0.1, 0.15) is 16.5 Å². The van der Waals surface area contributed by atoms with Crippen LogP contribution in [0.2, 0.25) is 0 Å². The van der Waals surface area contributed by atoms with Gasteiger partial charge < -0.3 is 8.92 Å². The van der Waals surface area contributed by atoms with Crippen LogP contribution in [0.3, 0.4) is 0 Å². The minimum atomic E-state index is -4.10. The monoisotopic (exact) mass is 501 g/mol. The van der Waals surface area contributed by atoms with Crippen LogP contribution in [0.15, 0.2) is 92.9 Å². The molecule has 0 atom stereocenters. The number of hydrogen-bond acceptors (Lipinski definition) is 6. The first-order valence-electron chi connectivity index (χ1n) is 8.89. The maximum atomic E-state index is 13.0. The molecule has 0 amide bonds. The number of ether oxygens (including phenoxy) is 1. The number of esters is 1. The van der Waals surface area contributed by atoms with E-state index in [-0.39, 0.29) is 22.2 Å². The Labute approximate surface area is 185 Å². The maximum absolute atomic E-state index is 13.0. The normalized spacial score (nSPS) is 15.0. The Hall–Kier alpha value is -3.30. The summed E-state index contributed by atoms with van der Waals surface area (Å²) < 4.78 is 48.6. The van der Waals surface area contributed by atoms with E-state index in [1.165, 1.54) is 18.2 Å². The molecule has 0 N–H and O–H groups in total. The molecule has 0 unspecified atom stereocenters. The molecule has 0 spiro atoms. The number of hydrogen-bond donors (Lipinski definition) is 0. The van der Waals surface area contributed by atoms with Crippen LogP contribution in [0.25, 0.3) is 6.08 Å². The van der Waals surface area contributed by atoms with Crippen molar-refractivity contribution in [3.63, 3.8) is 0 Å². The standard InChI is InChI=1S/C22H13BrFNO5S/c23-19-4-2-1-3-18(19)21-25-20(22(26)29-21)13-14-5-9-16(10-6-14)30-31(27,28)17-11-7-15(24)8-12-17/h1-13H/b20-13-. The highest BCUT2D eigenvalue weighted by Crippen LogP contribution is 2.25. The molecule has 0 aliphatic carbocycles. The fourth-order valence-corrected chi connectivity index (χ4v) is 4.10. The van der Waals surface area contributed by atoms with Gasteiger partial charge >= 0.3 is 16.1 Å². The first-order chi connectivity index (χ1) is 14.8. The maximum Gasteiger partial charge on any atom is 0.363 e. The van der Waals surface area contributed by atoms with Gasteiger partial charge in [0, 0.05) is 4.47 Å².